The maximum absolute atomic E-state index is 12.5. The number of rotatable bonds is 4. The number of hydrogen-bond acceptors (Lipinski definition) is 5. The molecule has 0 aliphatic carbocycles. The second-order valence-corrected chi connectivity index (χ2v) is 4.42. The number of benzene rings is 1. The minimum absolute atomic E-state index is 0.161. The number of nitrogens with zero attached hydrogens (tertiary/aromatic N) is 2. The van der Waals surface area contributed by atoms with Gasteiger partial charge in [-0.1, -0.05) is 23.8 Å². The summed E-state index contributed by atoms with van der Waals surface area (Å²) in [4.78, 5) is 20.7. The molecular formula is C15H16N2O3. The number of carbonyl (C=O) groups excluding carboxylic acids is 1. The van der Waals surface area contributed by atoms with Crippen molar-refractivity contribution in [3.05, 3.63) is 46.8 Å². The highest BCUT2D eigenvalue weighted by molar-refractivity contribution is 6.10. The molecule has 1 aromatic carbocycles. The minimum Gasteiger partial charge on any atom is -0.480 e. The summed E-state index contributed by atoms with van der Waals surface area (Å²) in [6, 6.07) is 5.64. The van der Waals surface area contributed by atoms with E-state index in [4.69, 9.17) is 9.47 Å². The lowest BCUT2D eigenvalue weighted by atomic mass is 10.0. The fourth-order valence-corrected chi connectivity index (χ4v) is 1.95. The highest BCUT2D eigenvalue weighted by atomic mass is 16.5. The number of ketones is 1. The van der Waals surface area contributed by atoms with Crippen LogP contribution in [0.1, 0.15) is 27.2 Å². The fraction of sp³-hybridized carbons (Fsp3) is 0.267. The van der Waals surface area contributed by atoms with E-state index in [2.05, 4.69) is 9.97 Å². The average Bonchev–Trinajstić information content (AvgIpc) is 2.46. The Morgan fingerprint density at radius 2 is 1.90 bits per heavy atom. The number of methoxy groups -OCH3 is 2. The van der Waals surface area contributed by atoms with E-state index >= 15 is 0 Å². The van der Waals surface area contributed by atoms with Crippen molar-refractivity contribution in [1.29, 1.82) is 0 Å². The summed E-state index contributed by atoms with van der Waals surface area (Å²) in [7, 11) is 2.93. The zero-order chi connectivity index (χ0) is 14.7. The van der Waals surface area contributed by atoms with Crippen molar-refractivity contribution in [3.63, 3.8) is 0 Å². The van der Waals surface area contributed by atoms with Crippen molar-refractivity contribution in [2.24, 2.45) is 0 Å². The summed E-state index contributed by atoms with van der Waals surface area (Å²) in [5, 5.41) is 0. The van der Waals surface area contributed by atoms with E-state index in [1.807, 2.05) is 26.0 Å². The van der Waals surface area contributed by atoms with Crippen molar-refractivity contribution in [2.75, 3.05) is 14.2 Å². The third-order valence-electron chi connectivity index (χ3n) is 2.96. The maximum Gasteiger partial charge on any atom is 0.247 e. The predicted octanol–water partition coefficient (Wildman–Crippen LogP) is 2.34. The maximum atomic E-state index is 12.5. The van der Waals surface area contributed by atoms with Crippen LogP contribution >= 0.6 is 0 Å². The van der Waals surface area contributed by atoms with Crippen molar-refractivity contribution in [1.82, 2.24) is 9.97 Å². The molecule has 5 nitrogen and oxygen atoms in total. The summed E-state index contributed by atoms with van der Waals surface area (Å²) in [5.74, 6) is 0.253. The molecule has 1 aromatic heterocycles. The summed E-state index contributed by atoms with van der Waals surface area (Å²) in [5.41, 5.74) is 2.77. The van der Waals surface area contributed by atoms with Gasteiger partial charge < -0.3 is 9.47 Å². The molecule has 0 radical (unpaired) electrons. The molecule has 2 aromatic rings. The number of hydrogen-bond donors (Lipinski definition) is 0. The lowest BCUT2D eigenvalue weighted by Crippen LogP contribution is -2.10. The molecule has 0 spiro atoms. The highest BCUT2D eigenvalue weighted by Crippen LogP contribution is 2.22. The van der Waals surface area contributed by atoms with Gasteiger partial charge in [-0.05, 0) is 19.4 Å². The van der Waals surface area contributed by atoms with Gasteiger partial charge in [0.25, 0.3) is 0 Å². The van der Waals surface area contributed by atoms with Gasteiger partial charge in [0, 0.05) is 5.56 Å². The Morgan fingerprint density at radius 1 is 1.15 bits per heavy atom. The molecule has 0 atom stereocenters. The number of carbonyl (C=O) groups is 1. The molecule has 0 fully saturated rings. The molecule has 0 aliphatic heterocycles. The standard InChI is InChI=1S/C15H16N2O3/c1-9-5-6-11(10(2)7-9)14(18)13-15(20-4)17-12(19-3)8-16-13/h5-8H,1-4H3. The van der Waals surface area contributed by atoms with Gasteiger partial charge in [-0.25, -0.2) is 4.98 Å². The molecule has 0 aliphatic rings. The average molecular weight is 272 g/mol. The van der Waals surface area contributed by atoms with Crippen molar-refractivity contribution < 1.29 is 14.3 Å². The normalized spacial score (nSPS) is 10.2. The number of aromatic nitrogens is 2. The Hall–Kier alpha value is -2.43. The highest BCUT2D eigenvalue weighted by Gasteiger charge is 2.20. The Bertz CT molecular complexity index is 654. The van der Waals surface area contributed by atoms with E-state index in [1.165, 1.54) is 20.4 Å². The lowest BCUT2D eigenvalue weighted by Gasteiger charge is -2.09. The summed E-state index contributed by atoms with van der Waals surface area (Å²) >= 11 is 0. The summed E-state index contributed by atoms with van der Waals surface area (Å²) in [6.45, 7) is 3.87. The van der Waals surface area contributed by atoms with E-state index in [9.17, 15) is 4.79 Å². The van der Waals surface area contributed by atoms with Crippen LogP contribution < -0.4 is 9.47 Å². The fourth-order valence-electron chi connectivity index (χ4n) is 1.95. The monoisotopic (exact) mass is 272 g/mol. The number of aryl methyl sites for hydroxylation is 2. The largest absolute Gasteiger partial charge is 0.480 e. The van der Waals surface area contributed by atoms with Crippen LogP contribution in [0.2, 0.25) is 0 Å². The van der Waals surface area contributed by atoms with Crippen molar-refractivity contribution in [2.45, 2.75) is 13.8 Å². The molecule has 20 heavy (non-hydrogen) atoms. The lowest BCUT2D eigenvalue weighted by molar-refractivity contribution is 0.102. The first-order chi connectivity index (χ1) is 9.56. The van der Waals surface area contributed by atoms with Crippen LogP contribution in [0.5, 0.6) is 11.8 Å². The van der Waals surface area contributed by atoms with E-state index in [1.54, 1.807) is 6.07 Å². The number of ether oxygens (including phenoxy) is 2. The summed E-state index contributed by atoms with van der Waals surface area (Å²) < 4.78 is 10.1. The van der Waals surface area contributed by atoms with Crippen LogP contribution in [0, 0.1) is 13.8 Å². The molecule has 104 valence electrons. The van der Waals surface area contributed by atoms with Gasteiger partial charge in [0.2, 0.25) is 17.5 Å². The Labute approximate surface area is 117 Å². The van der Waals surface area contributed by atoms with Crippen molar-refractivity contribution in [3.8, 4) is 11.8 Å². The molecule has 0 N–H and O–H groups in total. The first-order valence-electron chi connectivity index (χ1n) is 6.13. The van der Waals surface area contributed by atoms with Gasteiger partial charge in [-0.15, -0.1) is 0 Å². The quantitative estimate of drug-likeness (QED) is 0.799. The zero-order valence-corrected chi connectivity index (χ0v) is 11.9. The second-order valence-electron chi connectivity index (χ2n) is 4.42. The van der Waals surface area contributed by atoms with Gasteiger partial charge >= 0.3 is 0 Å². The molecular weight excluding hydrogens is 256 g/mol. The SMILES string of the molecule is COc1cnc(C(=O)c2ccc(C)cc2C)c(OC)n1. The van der Waals surface area contributed by atoms with Crippen molar-refractivity contribution >= 4 is 5.78 Å². The Balaban J connectivity index is 2.47. The molecule has 0 bridgehead atoms. The molecule has 2 rings (SSSR count). The van der Waals surface area contributed by atoms with E-state index in [0.717, 1.165) is 11.1 Å². The van der Waals surface area contributed by atoms with Gasteiger partial charge in [0.1, 0.15) is 0 Å². The van der Waals surface area contributed by atoms with Gasteiger partial charge in [0.05, 0.1) is 20.4 Å². The topological polar surface area (TPSA) is 61.3 Å². The van der Waals surface area contributed by atoms with Crippen LogP contribution in [0.25, 0.3) is 0 Å². The van der Waals surface area contributed by atoms with Crippen LogP contribution in [0.4, 0.5) is 0 Å². The van der Waals surface area contributed by atoms with E-state index in [-0.39, 0.29) is 17.4 Å². The minimum atomic E-state index is -0.213. The molecule has 0 saturated heterocycles. The molecule has 0 saturated carbocycles. The first-order valence-corrected chi connectivity index (χ1v) is 6.13. The summed E-state index contributed by atoms with van der Waals surface area (Å²) in [6.07, 6.45) is 1.40. The Kier molecular flexibility index (Phi) is 3.98. The first kappa shape index (κ1) is 14.0. The van der Waals surface area contributed by atoms with Gasteiger partial charge in [-0.3, -0.25) is 4.79 Å². The van der Waals surface area contributed by atoms with Gasteiger partial charge in [-0.2, -0.15) is 4.98 Å². The molecule has 0 amide bonds. The zero-order valence-electron chi connectivity index (χ0n) is 11.9. The third kappa shape index (κ3) is 2.61. The van der Waals surface area contributed by atoms with Crippen LogP contribution in [-0.4, -0.2) is 30.0 Å². The molecule has 0 unspecified atom stereocenters. The molecule has 5 heteroatoms. The van der Waals surface area contributed by atoms with E-state index in [0.29, 0.717) is 11.4 Å². The van der Waals surface area contributed by atoms with E-state index < -0.39 is 0 Å². The van der Waals surface area contributed by atoms with Crippen LogP contribution in [-0.2, 0) is 0 Å². The van der Waals surface area contributed by atoms with Crippen LogP contribution in [0.3, 0.4) is 0 Å². The van der Waals surface area contributed by atoms with Gasteiger partial charge in [0.15, 0.2) is 5.69 Å². The second kappa shape index (κ2) is 5.69. The predicted molar refractivity (Wildman–Crippen MR) is 74.5 cm³/mol. The third-order valence-corrected chi connectivity index (χ3v) is 2.96. The van der Waals surface area contributed by atoms with Crippen LogP contribution in [0.15, 0.2) is 24.4 Å². The Morgan fingerprint density at radius 3 is 2.50 bits per heavy atom. The smallest absolute Gasteiger partial charge is 0.247 e. The molecule has 1 heterocycles.